The summed E-state index contributed by atoms with van der Waals surface area (Å²) in [4.78, 5) is 0. The van der Waals surface area contributed by atoms with Crippen LogP contribution in [0.3, 0.4) is 0 Å². The molecule has 0 aromatic heterocycles. The van der Waals surface area contributed by atoms with Gasteiger partial charge in [-0.25, -0.2) is 0 Å². The molecule has 6 rings (SSSR count). The first-order valence-corrected chi connectivity index (χ1v) is 9.06. The first-order valence-electron chi connectivity index (χ1n) is 9.06. The van der Waals surface area contributed by atoms with Crippen LogP contribution in [0.4, 0.5) is 0 Å². The minimum absolute atomic E-state index is 1.24. The summed E-state index contributed by atoms with van der Waals surface area (Å²) in [6.07, 6.45) is 12.9. The van der Waals surface area contributed by atoms with E-state index in [-0.39, 0.29) is 0 Å². The van der Waals surface area contributed by atoms with Gasteiger partial charge in [0.25, 0.3) is 0 Å². The number of hydrogen-bond acceptors (Lipinski definition) is 0. The molecule has 0 saturated heterocycles. The first-order chi connectivity index (χ1) is 10.9. The maximum atomic E-state index is 2.34. The Hall–Kier alpha value is -1.56. The Labute approximate surface area is 135 Å². The molecule has 0 fully saturated rings. The van der Waals surface area contributed by atoms with Gasteiger partial charge in [0.2, 0.25) is 0 Å². The molecule has 0 saturated carbocycles. The fourth-order valence-corrected chi connectivity index (χ4v) is 3.42. The summed E-state index contributed by atoms with van der Waals surface area (Å²) in [5.41, 5.74) is 6.03. The predicted octanol–water partition coefficient (Wildman–Crippen LogP) is 5.91. The zero-order valence-corrected chi connectivity index (χ0v) is 13.7. The highest BCUT2D eigenvalue weighted by molar-refractivity contribution is 5.24. The molecular formula is C22H28. The Bertz CT molecular complexity index is 444. The van der Waals surface area contributed by atoms with Gasteiger partial charge in [-0.3, -0.25) is 0 Å². The van der Waals surface area contributed by atoms with E-state index in [2.05, 4.69) is 48.5 Å². The SMILES string of the molecule is c1cc2ccc1CCCCCc1ccc(cc1)CCCCC2. The Balaban J connectivity index is 1.62. The smallest absolute Gasteiger partial charge is 0.0279 e. The van der Waals surface area contributed by atoms with Crippen molar-refractivity contribution in [2.45, 2.75) is 64.2 Å². The highest BCUT2D eigenvalue weighted by atomic mass is 14.1. The van der Waals surface area contributed by atoms with Gasteiger partial charge in [0, 0.05) is 0 Å². The lowest BCUT2D eigenvalue weighted by atomic mass is 9.98. The molecule has 4 aliphatic rings. The van der Waals surface area contributed by atoms with E-state index < -0.39 is 0 Å². The highest BCUT2D eigenvalue weighted by Crippen LogP contribution is 2.15. The monoisotopic (exact) mass is 292 g/mol. The van der Waals surface area contributed by atoms with Crippen LogP contribution < -0.4 is 0 Å². The van der Waals surface area contributed by atoms with Crippen molar-refractivity contribution in [3.8, 4) is 0 Å². The van der Waals surface area contributed by atoms with Crippen molar-refractivity contribution >= 4 is 0 Å². The third-order valence-corrected chi connectivity index (χ3v) is 4.91. The maximum absolute atomic E-state index is 2.34. The molecule has 0 heterocycles. The van der Waals surface area contributed by atoms with Crippen molar-refractivity contribution in [1.82, 2.24) is 0 Å². The van der Waals surface area contributed by atoms with Crippen molar-refractivity contribution in [2.24, 2.45) is 0 Å². The van der Waals surface area contributed by atoms with Crippen molar-refractivity contribution in [3.05, 3.63) is 70.8 Å². The van der Waals surface area contributed by atoms with Gasteiger partial charge < -0.3 is 0 Å². The molecule has 116 valence electrons. The van der Waals surface area contributed by atoms with E-state index in [1.807, 2.05) is 0 Å². The van der Waals surface area contributed by atoms with Gasteiger partial charge in [0.1, 0.15) is 0 Å². The molecule has 0 heteroatoms. The molecule has 0 radical (unpaired) electrons. The van der Waals surface area contributed by atoms with Crippen LogP contribution in [0.1, 0.15) is 60.8 Å². The molecule has 2 aromatic rings. The van der Waals surface area contributed by atoms with Crippen molar-refractivity contribution < 1.29 is 0 Å². The predicted molar refractivity (Wildman–Crippen MR) is 95.4 cm³/mol. The molecule has 4 bridgehead atoms. The molecule has 2 aromatic carbocycles. The second-order valence-corrected chi connectivity index (χ2v) is 6.75. The molecule has 0 atom stereocenters. The second-order valence-electron chi connectivity index (χ2n) is 6.75. The van der Waals surface area contributed by atoms with Gasteiger partial charge in [0.05, 0.1) is 0 Å². The Morgan fingerprint density at radius 3 is 0.773 bits per heavy atom. The molecular weight excluding hydrogens is 264 g/mol. The largest absolute Gasteiger partial charge is 0.0588 e. The van der Waals surface area contributed by atoms with Crippen LogP contribution in [0.15, 0.2) is 48.5 Å². The van der Waals surface area contributed by atoms with Gasteiger partial charge >= 0.3 is 0 Å². The van der Waals surface area contributed by atoms with Crippen LogP contribution in [-0.4, -0.2) is 0 Å². The van der Waals surface area contributed by atoms with Crippen LogP contribution in [0.2, 0.25) is 0 Å². The third-order valence-electron chi connectivity index (χ3n) is 4.91. The van der Waals surface area contributed by atoms with Gasteiger partial charge in [-0.05, 0) is 73.6 Å². The van der Waals surface area contributed by atoms with Crippen LogP contribution in [-0.2, 0) is 25.7 Å². The molecule has 0 amide bonds. The standard InChI is InChI=1S/C22H28/c1-3-7-19-11-15-21(16-12-19)9-5-2-6-10-22-17-13-20(8-4-1)14-18-22/h11-18H,1-10H2. The summed E-state index contributed by atoms with van der Waals surface area (Å²) in [6, 6.07) is 18.7. The van der Waals surface area contributed by atoms with E-state index in [0.29, 0.717) is 0 Å². The molecule has 4 aliphatic carbocycles. The minimum atomic E-state index is 1.24. The molecule has 22 heavy (non-hydrogen) atoms. The van der Waals surface area contributed by atoms with Crippen molar-refractivity contribution in [3.63, 3.8) is 0 Å². The Morgan fingerprint density at radius 1 is 0.318 bits per heavy atom. The second kappa shape index (κ2) is 8.17. The van der Waals surface area contributed by atoms with E-state index in [0.717, 1.165) is 0 Å². The molecule has 0 nitrogen and oxygen atoms in total. The molecule has 0 spiro atoms. The summed E-state index contributed by atoms with van der Waals surface area (Å²) >= 11 is 0. The summed E-state index contributed by atoms with van der Waals surface area (Å²) in [7, 11) is 0. The van der Waals surface area contributed by atoms with Crippen LogP contribution in [0.5, 0.6) is 0 Å². The van der Waals surface area contributed by atoms with E-state index in [4.69, 9.17) is 0 Å². The average molecular weight is 292 g/mol. The number of hydrogen-bond donors (Lipinski definition) is 0. The number of aryl methyl sites for hydroxylation is 4. The van der Waals surface area contributed by atoms with Gasteiger partial charge in [0.15, 0.2) is 0 Å². The lowest BCUT2D eigenvalue weighted by Crippen LogP contribution is -1.93. The lowest BCUT2D eigenvalue weighted by Gasteiger charge is -2.08. The maximum Gasteiger partial charge on any atom is -0.0279 e. The number of rotatable bonds is 0. The fourth-order valence-electron chi connectivity index (χ4n) is 3.42. The van der Waals surface area contributed by atoms with Gasteiger partial charge in [-0.2, -0.15) is 0 Å². The third kappa shape index (κ3) is 4.73. The Morgan fingerprint density at radius 2 is 0.545 bits per heavy atom. The minimum Gasteiger partial charge on any atom is -0.0588 e. The van der Waals surface area contributed by atoms with Gasteiger partial charge in [-0.15, -0.1) is 0 Å². The normalized spacial score (nSPS) is 17.1. The van der Waals surface area contributed by atoms with Crippen LogP contribution in [0.25, 0.3) is 0 Å². The van der Waals surface area contributed by atoms with Crippen molar-refractivity contribution in [1.29, 1.82) is 0 Å². The quantitative estimate of drug-likeness (QED) is 0.566. The molecule has 0 N–H and O–H groups in total. The first kappa shape index (κ1) is 15.3. The van der Waals surface area contributed by atoms with E-state index in [9.17, 15) is 0 Å². The summed E-state index contributed by atoms with van der Waals surface area (Å²) < 4.78 is 0. The molecule has 0 unspecified atom stereocenters. The topological polar surface area (TPSA) is 0 Å². The average Bonchev–Trinajstić information content (AvgIpc) is 2.56. The van der Waals surface area contributed by atoms with E-state index in [1.54, 1.807) is 0 Å². The molecule has 0 aliphatic heterocycles. The number of benzene rings is 2. The van der Waals surface area contributed by atoms with Gasteiger partial charge in [-0.1, -0.05) is 61.4 Å². The van der Waals surface area contributed by atoms with Crippen LogP contribution in [0, 0.1) is 0 Å². The lowest BCUT2D eigenvalue weighted by molar-refractivity contribution is 0.671. The summed E-state index contributed by atoms with van der Waals surface area (Å²) in [6.45, 7) is 0. The Kier molecular flexibility index (Phi) is 5.70. The van der Waals surface area contributed by atoms with E-state index >= 15 is 0 Å². The van der Waals surface area contributed by atoms with E-state index in [1.165, 1.54) is 86.5 Å². The highest BCUT2D eigenvalue weighted by Gasteiger charge is 2.00. The summed E-state index contributed by atoms with van der Waals surface area (Å²) in [5.74, 6) is 0. The fraction of sp³-hybridized carbons (Fsp3) is 0.455. The van der Waals surface area contributed by atoms with Crippen LogP contribution >= 0.6 is 0 Å². The van der Waals surface area contributed by atoms with Crippen molar-refractivity contribution in [2.75, 3.05) is 0 Å². The summed E-state index contributed by atoms with van der Waals surface area (Å²) in [5, 5.41) is 0. The zero-order valence-electron chi connectivity index (χ0n) is 13.7. The zero-order chi connectivity index (χ0) is 15.0.